The van der Waals surface area contributed by atoms with Crippen LogP contribution >= 0.6 is 0 Å². The summed E-state index contributed by atoms with van der Waals surface area (Å²) in [6, 6.07) is 0. The maximum atomic E-state index is 10.2. The number of hydrogen-bond acceptors (Lipinski definition) is 2. The monoisotopic (exact) mass is 105 g/mol. The van der Waals surface area contributed by atoms with Gasteiger partial charge in [-0.2, -0.15) is 4.86 Å². The topological polar surface area (TPSA) is 17.1 Å². The van der Waals surface area contributed by atoms with Crippen LogP contribution in [0.5, 0.6) is 0 Å². The molecular weight excluding hydrogens is 96.1 g/mol. The Morgan fingerprint density at radius 2 is 1.67 bits per heavy atom. The Bertz CT molecular complexity index is 105. The summed E-state index contributed by atoms with van der Waals surface area (Å²) in [5.74, 6) is 0. The van der Waals surface area contributed by atoms with Crippen LogP contribution in [0.25, 0.3) is 0 Å². The number of hydrogen-bond donors (Lipinski definition) is 0. The second-order valence-electron chi connectivity index (χ2n) is 1.36. The molecule has 0 saturated heterocycles. The third-order valence-electron chi connectivity index (χ3n) is 0.575. The molecule has 0 radical (unpaired) electrons. The first kappa shape index (κ1) is 6.02. The van der Waals surface area contributed by atoms with Crippen LogP contribution in [0.1, 0.15) is 13.8 Å². The van der Waals surface area contributed by atoms with E-state index in [4.69, 9.17) is 0 Å². The van der Waals surface area contributed by atoms with Gasteiger partial charge in [-0.1, -0.05) is 13.8 Å². The van der Waals surface area contributed by atoms with Crippen molar-refractivity contribution in [2.45, 2.75) is 13.8 Å². The van der Waals surface area contributed by atoms with Crippen LogP contribution in [0.3, 0.4) is 0 Å². The Labute approximate surface area is 40.4 Å². The lowest BCUT2D eigenvalue weighted by atomic mass is 10.6. The minimum Gasteiger partial charge on any atom is -0.461 e. The summed E-state index contributed by atoms with van der Waals surface area (Å²) in [6.45, 7) is 3.71. The summed E-state index contributed by atoms with van der Waals surface area (Å²) in [5.41, 5.74) is 0. The normalized spacial score (nSPS) is 9.33. The van der Waals surface area contributed by atoms with Crippen molar-refractivity contribution in [2.24, 2.45) is 0 Å². The lowest BCUT2D eigenvalue weighted by molar-refractivity contribution is 0.605. The van der Waals surface area contributed by atoms with E-state index >= 15 is 0 Å². The molecule has 0 aliphatic carbocycles. The van der Waals surface area contributed by atoms with Crippen molar-refractivity contribution in [2.75, 3.05) is 6.26 Å². The van der Waals surface area contributed by atoms with Gasteiger partial charge >= 0.3 is 0 Å². The van der Waals surface area contributed by atoms with Crippen LogP contribution in [0.2, 0.25) is 0 Å². The van der Waals surface area contributed by atoms with Crippen molar-refractivity contribution in [3.05, 3.63) is 0 Å². The van der Waals surface area contributed by atoms with Crippen molar-refractivity contribution in [3.63, 3.8) is 0 Å². The molecule has 0 atom stereocenters. The average molecular weight is 105 g/mol. The molecule has 0 N–H and O–H groups in total. The molecule has 0 rings (SSSR count). The van der Waals surface area contributed by atoms with Gasteiger partial charge in [-0.3, -0.25) is 10.4 Å². The van der Waals surface area contributed by atoms with Gasteiger partial charge in [0.25, 0.3) is 0 Å². The molecule has 38 valence electrons. The quantitative estimate of drug-likeness (QED) is 0.329. The maximum Gasteiger partial charge on any atom is -0.0659 e. The average Bonchev–Trinajstić information content (AvgIpc) is 1.36. The van der Waals surface area contributed by atoms with Gasteiger partial charge in [-0.15, -0.1) is 6.26 Å². The van der Waals surface area contributed by atoms with E-state index in [1.54, 1.807) is 6.26 Å². The summed E-state index contributed by atoms with van der Waals surface area (Å²) in [5, 5.41) is 0. The Hall–Kier alpha value is 0.0200. The second kappa shape index (κ2) is 2.24. The smallest absolute Gasteiger partial charge is 0.0659 e. The highest BCUT2D eigenvalue weighted by Gasteiger charge is 1.56. The van der Waals surface area contributed by atoms with Gasteiger partial charge in [0.05, 0.1) is 0 Å². The van der Waals surface area contributed by atoms with E-state index in [0.29, 0.717) is 0 Å². The Kier molecular flexibility index (Phi) is 2.25. The zero-order valence-electron chi connectivity index (χ0n) is 4.32. The predicted molar refractivity (Wildman–Crippen MR) is 30.3 cm³/mol. The summed E-state index contributed by atoms with van der Waals surface area (Å²) in [4.78, 5) is 0.981. The third-order valence-corrected chi connectivity index (χ3v) is 1.72. The molecule has 6 heavy (non-hydrogen) atoms. The van der Waals surface area contributed by atoms with Crippen molar-refractivity contribution in [1.82, 2.24) is 0 Å². The van der Waals surface area contributed by atoms with E-state index < -0.39 is 10.4 Å². The zero-order chi connectivity index (χ0) is 5.15. The first-order valence-corrected chi connectivity index (χ1v) is 3.34. The standard InChI is InChI=1S/C4H9OS/c1-4(2)6(3)5/h1-3H3/q-1. The summed E-state index contributed by atoms with van der Waals surface area (Å²) >= 11 is 0. The van der Waals surface area contributed by atoms with Crippen molar-refractivity contribution in [1.29, 1.82) is 0 Å². The maximum absolute atomic E-state index is 10.2. The van der Waals surface area contributed by atoms with Crippen LogP contribution in [0, 0.1) is 0 Å². The summed E-state index contributed by atoms with van der Waals surface area (Å²) < 4.78 is 10.2. The lowest BCUT2D eigenvalue weighted by Gasteiger charge is -1.92. The first-order chi connectivity index (χ1) is 2.64. The van der Waals surface area contributed by atoms with E-state index in [9.17, 15) is 4.21 Å². The molecule has 0 aromatic carbocycles. The highest BCUT2D eigenvalue weighted by molar-refractivity contribution is 7.84. The lowest BCUT2D eigenvalue weighted by Crippen LogP contribution is -1.83. The first-order valence-electron chi connectivity index (χ1n) is 1.78. The van der Waals surface area contributed by atoms with E-state index in [2.05, 4.69) is 0 Å². The van der Waals surface area contributed by atoms with Gasteiger partial charge in [0, 0.05) is 0 Å². The fraction of sp³-hybridized carbons (Fsp3) is 0.750. The minimum absolute atomic E-state index is 0.701. The van der Waals surface area contributed by atoms with Gasteiger partial charge in [-0.25, -0.2) is 0 Å². The van der Waals surface area contributed by atoms with E-state index in [-0.39, 0.29) is 0 Å². The SMILES string of the molecule is CC(C)=[S-](C)=O. The number of rotatable bonds is 0. The molecule has 1 nitrogen and oxygen atoms in total. The Morgan fingerprint density at radius 1 is 1.50 bits per heavy atom. The zero-order valence-corrected chi connectivity index (χ0v) is 5.13. The molecule has 2 heteroatoms. The van der Waals surface area contributed by atoms with Crippen LogP contribution in [0.15, 0.2) is 0 Å². The van der Waals surface area contributed by atoms with Crippen molar-refractivity contribution in [3.8, 4) is 0 Å². The largest absolute Gasteiger partial charge is 0.461 e. The summed E-state index contributed by atoms with van der Waals surface area (Å²) in [7, 11) is -0.701. The Balaban J connectivity index is 4.08. The van der Waals surface area contributed by atoms with Gasteiger partial charge in [0.1, 0.15) is 0 Å². The van der Waals surface area contributed by atoms with Gasteiger partial charge in [-0.05, 0) is 0 Å². The van der Waals surface area contributed by atoms with Crippen molar-refractivity contribution < 1.29 is 4.21 Å². The predicted octanol–water partition coefficient (Wildman–Crippen LogP) is 0.792. The highest BCUT2D eigenvalue weighted by Crippen LogP contribution is 1.65. The van der Waals surface area contributed by atoms with Crippen LogP contribution in [-0.4, -0.2) is 11.1 Å². The molecule has 0 aromatic rings. The Morgan fingerprint density at radius 3 is 1.67 bits per heavy atom. The highest BCUT2D eigenvalue weighted by atomic mass is 32.2. The van der Waals surface area contributed by atoms with Crippen LogP contribution in [0.4, 0.5) is 0 Å². The molecule has 0 aliphatic heterocycles. The molecule has 0 aromatic heterocycles. The fourth-order valence-electron chi connectivity index (χ4n) is 0. The molecule has 0 bridgehead atoms. The van der Waals surface area contributed by atoms with E-state index in [1.807, 2.05) is 13.8 Å². The molecule has 0 amide bonds. The van der Waals surface area contributed by atoms with Gasteiger partial charge < -0.3 is 4.21 Å². The molecule has 0 fully saturated rings. The molecule has 0 spiro atoms. The van der Waals surface area contributed by atoms with Crippen LogP contribution < -0.4 is 0 Å². The van der Waals surface area contributed by atoms with Gasteiger partial charge in [0.15, 0.2) is 0 Å². The molecule has 0 aliphatic rings. The van der Waals surface area contributed by atoms with Gasteiger partial charge in [0.2, 0.25) is 0 Å². The van der Waals surface area contributed by atoms with E-state index in [0.717, 1.165) is 4.86 Å². The molecule has 0 heterocycles. The minimum atomic E-state index is -0.701. The van der Waals surface area contributed by atoms with E-state index in [1.165, 1.54) is 0 Å². The fourth-order valence-corrected chi connectivity index (χ4v) is 0. The van der Waals surface area contributed by atoms with Crippen molar-refractivity contribution >= 4 is 15.3 Å². The molecular formula is C4H9OS-. The van der Waals surface area contributed by atoms with Crippen LogP contribution in [-0.2, 0) is 14.6 Å². The summed E-state index contributed by atoms with van der Waals surface area (Å²) in [6.07, 6.45) is 1.68. The second-order valence-corrected chi connectivity index (χ2v) is 3.09. The third kappa shape index (κ3) is 2.27. The molecule has 0 unspecified atom stereocenters. The molecule has 0 saturated carbocycles.